The minimum absolute atomic E-state index is 0.0793. The van der Waals surface area contributed by atoms with Crippen molar-refractivity contribution < 1.29 is 9.53 Å². The molecule has 7 nitrogen and oxygen atoms in total. The largest absolute Gasteiger partial charge is 0.376 e. The van der Waals surface area contributed by atoms with Crippen molar-refractivity contribution in [2.45, 2.75) is 45.4 Å². The first-order chi connectivity index (χ1) is 12.8. The number of aromatic nitrogens is 3. The van der Waals surface area contributed by atoms with Gasteiger partial charge in [0.05, 0.1) is 18.3 Å². The van der Waals surface area contributed by atoms with E-state index in [1.165, 1.54) is 0 Å². The number of carbonyl (C=O) groups is 1. The Morgan fingerprint density at radius 3 is 3.04 bits per heavy atom. The lowest BCUT2D eigenvalue weighted by molar-refractivity contribution is 0.0791. The molecule has 2 aromatic heterocycles. The van der Waals surface area contributed by atoms with Crippen LogP contribution in [0.2, 0.25) is 0 Å². The summed E-state index contributed by atoms with van der Waals surface area (Å²) in [6.07, 6.45) is 8.55. The van der Waals surface area contributed by atoms with E-state index in [0.29, 0.717) is 26.2 Å². The fourth-order valence-corrected chi connectivity index (χ4v) is 3.19. The van der Waals surface area contributed by atoms with E-state index in [9.17, 15) is 4.79 Å². The van der Waals surface area contributed by atoms with Crippen molar-refractivity contribution in [1.82, 2.24) is 24.8 Å². The Bertz CT molecular complexity index is 682. The van der Waals surface area contributed by atoms with Crippen LogP contribution in [0.3, 0.4) is 0 Å². The molecule has 1 atom stereocenters. The van der Waals surface area contributed by atoms with Crippen molar-refractivity contribution in [2.75, 3.05) is 19.7 Å². The molecule has 1 aliphatic heterocycles. The lowest BCUT2D eigenvalue weighted by atomic mass is 10.2. The molecule has 0 spiro atoms. The summed E-state index contributed by atoms with van der Waals surface area (Å²) in [5.74, 6) is 1.03. The second kappa shape index (κ2) is 9.33. The molecule has 2 amide bonds. The summed E-state index contributed by atoms with van der Waals surface area (Å²) in [5.41, 5.74) is 0.878. The van der Waals surface area contributed by atoms with Crippen LogP contribution in [-0.2, 0) is 24.2 Å². The maximum Gasteiger partial charge on any atom is 0.317 e. The van der Waals surface area contributed by atoms with Gasteiger partial charge in [-0.15, -0.1) is 0 Å². The predicted molar refractivity (Wildman–Crippen MR) is 98.6 cm³/mol. The average Bonchev–Trinajstić information content (AvgIpc) is 3.33. The molecule has 0 bridgehead atoms. The van der Waals surface area contributed by atoms with Gasteiger partial charge in [0, 0.05) is 51.3 Å². The highest BCUT2D eigenvalue weighted by molar-refractivity contribution is 5.74. The number of hydrogen-bond acceptors (Lipinski definition) is 4. The van der Waals surface area contributed by atoms with Crippen LogP contribution in [-0.4, -0.2) is 51.3 Å². The van der Waals surface area contributed by atoms with Gasteiger partial charge in [0.15, 0.2) is 0 Å². The van der Waals surface area contributed by atoms with Crippen molar-refractivity contribution >= 4 is 6.03 Å². The maximum atomic E-state index is 12.7. The molecule has 0 aromatic carbocycles. The highest BCUT2D eigenvalue weighted by atomic mass is 16.5. The number of amides is 2. The molecular weight excluding hydrogens is 330 g/mol. The number of imidazole rings is 1. The summed E-state index contributed by atoms with van der Waals surface area (Å²) in [6.45, 7) is 5.21. The van der Waals surface area contributed by atoms with Crippen LogP contribution in [0.1, 0.15) is 31.3 Å². The quantitative estimate of drug-likeness (QED) is 0.786. The second-order valence-corrected chi connectivity index (χ2v) is 6.46. The van der Waals surface area contributed by atoms with Gasteiger partial charge < -0.3 is 19.5 Å². The number of rotatable bonds is 8. The van der Waals surface area contributed by atoms with Crippen LogP contribution >= 0.6 is 0 Å². The number of pyridine rings is 1. The van der Waals surface area contributed by atoms with Crippen LogP contribution in [0, 0.1) is 0 Å². The van der Waals surface area contributed by atoms with Gasteiger partial charge in [0.2, 0.25) is 0 Å². The summed E-state index contributed by atoms with van der Waals surface area (Å²) in [6, 6.07) is 5.68. The van der Waals surface area contributed by atoms with E-state index in [1.807, 2.05) is 24.4 Å². The third kappa shape index (κ3) is 5.05. The van der Waals surface area contributed by atoms with Gasteiger partial charge >= 0.3 is 6.03 Å². The van der Waals surface area contributed by atoms with E-state index >= 15 is 0 Å². The molecule has 140 valence electrons. The molecule has 3 heterocycles. The zero-order valence-electron chi connectivity index (χ0n) is 15.3. The van der Waals surface area contributed by atoms with Crippen molar-refractivity contribution in [1.29, 1.82) is 0 Å². The number of nitrogens with one attached hydrogen (secondary N) is 1. The smallest absolute Gasteiger partial charge is 0.317 e. The first-order valence-electron chi connectivity index (χ1n) is 9.30. The molecule has 1 aliphatic rings. The predicted octanol–water partition coefficient (Wildman–Crippen LogP) is 2.23. The number of aryl methyl sites for hydroxylation is 1. The normalized spacial score (nSPS) is 16.6. The topological polar surface area (TPSA) is 72.3 Å². The molecule has 1 unspecified atom stereocenters. The maximum absolute atomic E-state index is 12.7. The van der Waals surface area contributed by atoms with Gasteiger partial charge in [-0.1, -0.05) is 13.0 Å². The number of carbonyl (C=O) groups excluding carboxylic acids is 1. The fraction of sp³-hybridized carbons (Fsp3) is 0.526. The van der Waals surface area contributed by atoms with Gasteiger partial charge in [0.25, 0.3) is 0 Å². The fourth-order valence-electron chi connectivity index (χ4n) is 3.19. The Labute approximate surface area is 154 Å². The molecule has 7 heteroatoms. The third-order valence-corrected chi connectivity index (χ3v) is 4.56. The summed E-state index contributed by atoms with van der Waals surface area (Å²) >= 11 is 0. The first-order valence-corrected chi connectivity index (χ1v) is 9.30. The monoisotopic (exact) mass is 357 g/mol. The minimum atomic E-state index is -0.0793. The van der Waals surface area contributed by atoms with Crippen LogP contribution in [0.25, 0.3) is 0 Å². The Morgan fingerprint density at radius 1 is 1.38 bits per heavy atom. The summed E-state index contributed by atoms with van der Waals surface area (Å²) < 4.78 is 7.78. The summed E-state index contributed by atoms with van der Waals surface area (Å²) in [5, 5.41) is 3.02. The summed E-state index contributed by atoms with van der Waals surface area (Å²) in [7, 11) is 0. The Kier molecular flexibility index (Phi) is 6.60. The van der Waals surface area contributed by atoms with Gasteiger partial charge in [-0.25, -0.2) is 9.78 Å². The number of urea groups is 1. The van der Waals surface area contributed by atoms with E-state index in [4.69, 9.17) is 4.74 Å². The Hall–Kier alpha value is -2.41. The van der Waals surface area contributed by atoms with Crippen LogP contribution in [0.15, 0.2) is 36.8 Å². The van der Waals surface area contributed by atoms with Crippen molar-refractivity contribution in [3.05, 3.63) is 48.3 Å². The lowest BCUT2D eigenvalue weighted by Crippen LogP contribution is -2.44. The first kappa shape index (κ1) is 18.4. The molecule has 0 saturated carbocycles. The van der Waals surface area contributed by atoms with E-state index < -0.39 is 0 Å². The molecule has 1 N–H and O–H groups in total. The molecular formula is C19H27N5O2. The highest BCUT2D eigenvalue weighted by Gasteiger charge is 2.23. The minimum Gasteiger partial charge on any atom is -0.376 e. The zero-order valence-corrected chi connectivity index (χ0v) is 15.3. The van der Waals surface area contributed by atoms with Crippen molar-refractivity contribution in [2.24, 2.45) is 0 Å². The highest BCUT2D eigenvalue weighted by Crippen LogP contribution is 2.14. The van der Waals surface area contributed by atoms with Gasteiger partial charge in [-0.3, -0.25) is 4.98 Å². The lowest BCUT2D eigenvalue weighted by Gasteiger charge is -2.25. The number of ether oxygens (including phenoxy) is 1. The molecule has 0 aliphatic carbocycles. The molecule has 1 saturated heterocycles. The molecule has 26 heavy (non-hydrogen) atoms. The van der Waals surface area contributed by atoms with Crippen molar-refractivity contribution in [3.8, 4) is 0 Å². The van der Waals surface area contributed by atoms with E-state index in [2.05, 4.69) is 26.8 Å². The molecule has 0 radical (unpaired) electrons. The zero-order chi connectivity index (χ0) is 18.2. The number of hydrogen-bond donors (Lipinski definition) is 1. The standard InChI is InChI=1S/C19H27N5O2/c1-2-18-21-9-11-23(18)12-10-22-19(25)24(15-17-7-5-13-26-17)14-16-6-3-4-8-20-16/h3-4,6,8-9,11,17H,2,5,7,10,12-15H2,1H3,(H,22,25). The van der Waals surface area contributed by atoms with E-state index in [1.54, 1.807) is 17.3 Å². The van der Waals surface area contributed by atoms with Gasteiger partial charge in [-0.2, -0.15) is 0 Å². The van der Waals surface area contributed by atoms with Crippen molar-refractivity contribution in [3.63, 3.8) is 0 Å². The van der Waals surface area contributed by atoms with Crippen LogP contribution in [0.4, 0.5) is 4.79 Å². The third-order valence-electron chi connectivity index (χ3n) is 4.56. The van der Waals surface area contributed by atoms with E-state index in [-0.39, 0.29) is 12.1 Å². The van der Waals surface area contributed by atoms with Crippen LogP contribution in [0.5, 0.6) is 0 Å². The molecule has 3 rings (SSSR count). The number of nitrogens with zero attached hydrogens (tertiary/aromatic N) is 4. The van der Waals surface area contributed by atoms with Gasteiger partial charge in [0.1, 0.15) is 5.82 Å². The Balaban J connectivity index is 1.56. The summed E-state index contributed by atoms with van der Waals surface area (Å²) in [4.78, 5) is 23.2. The van der Waals surface area contributed by atoms with Gasteiger partial charge in [-0.05, 0) is 25.0 Å². The van der Waals surface area contributed by atoms with Crippen LogP contribution < -0.4 is 5.32 Å². The molecule has 1 fully saturated rings. The Morgan fingerprint density at radius 2 is 2.31 bits per heavy atom. The molecule has 2 aromatic rings. The SMILES string of the molecule is CCc1nccn1CCNC(=O)N(Cc1ccccn1)CC1CCCO1. The van der Waals surface area contributed by atoms with E-state index in [0.717, 1.165) is 37.4 Å². The average molecular weight is 357 g/mol. The second-order valence-electron chi connectivity index (χ2n) is 6.46.